The zero-order valence-corrected chi connectivity index (χ0v) is 45.9. The van der Waals surface area contributed by atoms with Gasteiger partial charge in [-0.05, 0) is 131 Å². The Balaban J connectivity index is 1.03. The summed E-state index contributed by atoms with van der Waals surface area (Å²) in [5, 5.41) is 7.36. The van der Waals surface area contributed by atoms with Crippen molar-refractivity contribution in [3.63, 3.8) is 0 Å². The zero-order valence-electron chi connectivity index (χ0n) is 45.9. The lowest BCUT2D eigenvalue weighted by Gasteiger charge is -2.45. The van der Waals surface area contributed by atoms with Crippen LogP contribution in [0, 0.1) is 0 Å². The van der Waals surface area contributed by atoms with E-state index in [4.69, 9.17) is 0 Å². The molecular weight excluding hydrogens is 1010 g/mol. The van der Waals surface area contributed by atoms with Gasteiger partial charge >= 0.3 is 0 Å². The Labute approximate surface area is 488 Å². The van der Waals surface area contributed by atoms with Gasteiger partial charge < -0.3 is 14.4 Å². The molecule has 0 atom stereocenters. The molecule has 2 aliphatic heterocycles. The van der Waals surface area contributed by atoms with Crippen molar-refractivity contribution in [2.75, 3.05) is 9.80 Å². The summed E-state index contributed by atoms with van der Waals surface area (Å²) in [4.78, 5) is 5.22. The van der Waals surface area contributed by atoms with Gasteiger partial charge in [0.1, 0.15) is 0 Å². The molecule has 0 saturated heterocycles. The highest BCUT2D eigenvalue weighted by atomic mass is 15.2. The van der Waals surface area contributed by atoms with E-state index in [2.05, 4.69) is 330 Å². The van der Waals surface area contributed by atoms with E-state index in [9.17, 15) is 0 Å². The second kappa shape index (κ2) is 19.4. The van der Waals surface area contributed by atoms with Crippen LogP contribution in [-0.4, -0.2) is 11.3 Å². The number of hydrogen-bond acceptors (Lipinski definition) is 2. The Bertz CT molecular complexity index is 4980. The van der Waals surface area contributed by atoms with Crippen LogP contribution in [0.4, 0.5) is 34.1 Å². The van der Waals surface area contributed by atoms with Gasteiger partial charge in [-0.1, -0.05) is 267 Å². The van der Waals surface area contributed by atoms with Gasteiger partial charge in [0.2, 0.25) is 0 Å². The molecule has 84 heavy (non-hydrogen) atoms. The fourth-order valence-corrected chi connectivity index (χ4v) is 14.2. The molecule has 0 fully saturated rings. The molecule has 0 spiro atoms. The smallest absolute Gasteiger partial charge is 0.252 e. The summed E-state index contributed by atoms with van der Waals surface area (Å²) in [7, 11) is 0. The van der Waals surface area contributed by atoms with E-state index in [0.29, 0.717) is 0 Å². The number of anilines is 6. The average molecular weight is 1070 g/mol. The molecule has 1 aromatic heterocycles. The van der Waals surface area contributed by atoms with Gasteiger partial charge in [0, 0.05) is 44.6 Å². The van der Waals surface area contributed by atoms with Crippen molar-refractivity contribution < 1.29 is 0 Å². The molecule has 4 heteroatoms. The first-order chi connectivity index (χ1) is 41.7. The Hall–Kier alpha value is -10.9. The fourth-order valence-electron chi connectivity index (χ4n) is 14.2. The van der Waals surface area contributed by atoms with Crippen LogP contribution in [0.1, 0.15) is 0 Å². The maximum atomic E-state index is 2.63. The molecule has 0 aliphatic carbocycles. The molecule has 3 heterocycles. The van der Waals surface area contributed by atoms with Crippen molar-refractivity contribution in [2.45, 2.75) is 0 Å². The van der Waals surface area contributed by atoms with E-state index < -0.39 is 0 Å². The molecule has 390 valence electrons. The van der Waals surface area contributed by atoms with Crippen LogP contribution in [-0.2, 0) is 0 Å². The molecule has 0 bridgehead atoms. The van der Waals surface area contributed by atoms with Crippen LogP contribution in [0.25, 0.3) is 105 Å². The van der Waals surface area contributed by atoms with Crippen molar-refractivity contribution >= 4 is 101 Å². The van der Waals surface area contributed by atoms with Crippen molar-refractivity contribution in [3.8, 4) is 61.3 Å². The number of hydrogen-bond donors (Lipinski definition) is 0. The van der Waals surface area contributed by atoms with Gasteiger partial charge in [-0.2, -0.15) is 0 Å². The predicted octanol–water partition coefficient (Wildman–Crippen LogP) is 19.5. The number of fused-ring (bicyclic) bond motifs is 9. The van der Waals surface area contributed by atoms with Crippen molar-refractivity contribution in [1.29, 1.82) is 0 Å². The first-order valence-corrected chi connectivity index (χ1v) is 29.1. The highest BCUT2D eigenvalue weighted by Crippen LogP contribution is 2.52. The molecule has 14 aromatic carbocycles. The lowest BCUT2D eigenvalue weighted by molar-refractivity contribution is 1.16. The van der Waals surface area contributed by atoms with Gasteiger partial charge in [0.15, 0.2) is 0 Å². The molecule has 2 aliphatic rings. The molecule has 0 saturated carbocycles. The molecule has 0 unspecified atom stereocenters. The Morgan fingerprint density at radius 1 is 0.226 bits per heavy atom. The molecular formula is C80H52BN3. The molecule has 17 rings (SSSR count). The Morgan fingerprint density at radius 2 is 0.631 bits per heavy atom. The summed E-state index contributed by atoms with van der Waals surface area (Å²) in [5.74, 6) is 0. The van der Waals surface area contributed by atoms with E-state index in [1.165, 1.54) is 82.1 Å². The molecule has 0 amide bonds. The minimum absolute atomic E-state index is 0.167. The maximum absolute atomic E-state index is 2.63. The van der Waals surface area contributed by atoms with Gasteiger partial charge in [0.05, 0.1) is 28.1 Å². The van der Waals surface area contributed by atoms with Crippen molar-refractivity contribution in [1.82, 2.24) is 4.57 Å². The van der Waals surface area contributed by atoms with Gasteiger partial charge in [-0.25, -0.2) is 0 Å². The van der Waals surface area contributed by atoms with Crippen LogP contribution in [0.5, 0.6) is 0 Å². The third-order valence-corrected chi connectivity index (χ3v) is 17.7. The van der Waals surface area contributed by atoms with Gasteiger partial charge in [-0.15, -0.1) is 0 Å². The van der Waals surface area contributed by atoms with Crippen LogP contribution in [0.2, 0.25) is 0 Å². The van der Waals surface area contributed by atoms with E-state index in [1.54, 1.807) is 0 Å². The number of benzene rings is 14. The third-order valence-electron chi connectivity index (χ3n) is 17.7. The first-order valence-electron chi connectivity index (χ1n) is 29.1. The summed E-state index contributed by atoms with van der Waals surface area (Å²) in [5.41, 5.74) is 25.8. The van der Waals surface area contributed by atoms with E-state index >= 15 is 0 Å². The highest BCUT2D eigenvalue weighted by Gasteiger charge is 2.45. The summed E-state index contributed by atoms with van der Waals surface area (Å²) < 4.78 is 2.51. The zero-order chi connectivity index (χ0) is 55.2. The Morgan fingerprint density at radius 3 is 1.15 bits per heavy atom. The number of aromatic nitrogens is 1. The lowest BCUT2D eigenvalue weighted by Crippen LogP contribution is -2.61. The standard InChI is InChI=1S/C80H52BN3/c1-5-25-53(26-6-1)57-46-48-74-69(49-57)81-68-47-45-58(79-66-39-15-13-37-64(66)78(56-31-11-4-12-32-56)65-38-14-16-40-67(65)79)50-75(68)84(71-42-22-18-34-61(71)55-29-9-3-10-30-55)77-52-59(82-72-43-23-19-35-62(72)63-36-20-24-44-73(63)82)51-76(80(77)81)83(74)70-41-21-17-33-60(70)54-27-7-2-8-28-54/h1-52H. The van der Waals surface area contributed by atoms with E-state index in [1.807, 2.05) is 0 Å². The SMILES string of the molecule is c1ccc(-c2ccc3c(c2)B2c4ccc(-c5c6ccccc6c(-c6ccccc6)c6ccccc56)cc4N(c4ccccc4-c4ccccc4)c4cc(-n5c6ccccc6c6ccccc65)cc(c42)N3c2ccccc2-c2ccccc2)cc1. The number of nitrogens with zero attached hydrogens (tertiary/aromatic N) is 3. The fraction of sp³-hybridized carbons (Fsp3) is 0. The van der Waals surface area contributed by atoms with Gasteiger partial charge in [-0.3, -0.25) is 0 Å². The highest BCUT2D eigenvalue weighted by molar-refractivity contribution is 7.00. The molecule has 0 N–H and O–H groups in total. The third kappa shape index (κ3) is 7.40. The number of para-hydroxylation sites is 4. The first kappa shape index (κ1) is 47.8. The summed E-state index contributed by atoms with van der Waals surface area (Å²) in [6.45, 7) is -0.167. The van der Waals surface area contributed by atoms with E-state index in [-0.39, 0.29) is 6.71 Å². The summed E-state index contributed by atoms with van der Waals surface area (Å²) in [6.07, 6.45) is 0. The van der Waals surface area contributed by atoms with E-state index in [0.717, 1.165) is 73.1 Å². The molecule has 0 radical (unpaired) electrons. The summed E-state index contributed by atoms with van der Waals surface area (Å²) >= 11 is 0. The second-order valence-electron chi connectivity index (χ2n) is 22.3. The average Bonchev–Trinajstić information content (AvgIpc) is 3.23. The van der Waals surface area contributed by atoms with Crippen LogP contribution >= 0.6 is 0 Å². The topological polar surface area (TPSA) is 11.4 Å². The molecule has 15 aromatic rings. The van der Waals surface area contributed by atoms with Crippen molar-refractivity contribution in [3.05, 3.63) is 315 Å². The largest absolute Gasteiger partial charge is 0.311 e. The maximum Gasteiger partial charge on any atom is 0.252 e. The minimum atomic E-state index is -0.167. The van der Waals surface area contributed by atoms with Crippen molar-refractivity contribution in [2.24, 2.45) is 0 Å². The van der Waals surface area contributed by atoms with Gasteiger partial charge in [0.25, 0.3) is 6.71 Å². The second-order valence-corrected chi connectivity index (χ2v) is 22.3. The Kier molecular flexibility index (Phi) is 11.0. The van der Waals surface area contributed by atoms with Crippen LogP contribution < -0.4 is 26.2 Å². The molecule has 3 nitrogen and oxygen atoms in total. The summed E-state index contributed by atoms with van der Waals surface area (Å²) in [6, 6.07) is 117. The number of rotatable bonds is 8. The predicted molar refractivity (Wildman–Crippen MR) is 357 cm³/mol. The van der Waals surface area contributed by atoms with Crippen LogP contribution in [0.15, 0.2) is 315 Å². The quantitative estimate of drug-likeness (QED) is 0.111. The van der Waals surface area contributed by atoms with Crippen LogP contribution in [0.3, 0.4) is 0 Å². The lowest BCUT2D eigenvalue weighted by atomic mass is 9.33. The monoisotopic (exact) mass is 1070 g/mol. The normalized spacial score (nSPS) is 12.5. The minimum Gasteiger partial charge on any atom is -0.311 e.